The Labute approximate surface area is 296 Å². The van der Waals surface area contributed by atoms with Crippen molar-refractivity contribution in [3.8, 4) is 11.4 Å². The molecule has 5 rings (SSSR count). The Balaban J connectivity index is 1.39. The van der Waals surface area contributed by atoms with Crippen LogP contribution in [0.15, 0.2) is 126 Å². The van der Waals surface area contributed by atoms with Crippen molar-refractivity contribution >= 4 is 23.6 Å². The molecule has 0 aliphatic carbocycles. The summed E-state index contributed by atoms with van der Waals surface area (Å²) >= 11 is 0. The number of amides is 3. The van der Waals surface area contributed by atoms with Crippen LogP contribution in [-0.4, -0.2) is 50.6 Å². The van der Waals surface area contributed by atoms with Gasteiger partial charge < -0.3 is 20.5 Å². The van der Waals surface area contributed by atoms with E-state index in [1.165, 1.54) is 12.1 Å². The highest BCUT2D eigenvalue weighted by Gasteiger charge is 2.50. The summed E-state index contributed by atoms with van der Waals surface area (Å²) in [6, 6.07) is 28.3. The van der Waals surface area contributed by atoms with Crippen molar-refractivity contribution in [1.82, 2.24) is 20.2 Å². The van der Waals surface area contributed by atoms with Crippen LogP contribution in [0.5, 0.6) is 0 Å². The molecule has 1 aromatic heterocycles. The van der Waals surface area contributed by atoms with Gasteiger partial charge in [0.1, 0.15) is 36.6 Å². The fourth-order valence-electron chi connectivity index (χ4n) is 5.21. The molecule has 0 radical (unpaired) electrons. The molecule has 4 aromatic carbocycles. The van der Waals surface area contributed by atoms with E-state index in [1.54, 1.807) is 91.0 Å². The summed E-state index contributed by atoms with van der Waals surface area (Å²) < 4.78 is 50.8. The van der Waals surface area contributed by atoms with Crippen molar-refractivity contribution < 1.29 is 37.4 Å². The minimum atomic E-state index is -4.36. The quantitative estimate of drug-likeness (QED) is 0.129. The molecule has 1 heterocycles. The first-order valence-electron chi connectivity index (χ1n) is 16.1. The number of nitrogens with zero attached hydrogens (tertiary/aromatic N) is 2. The Morgan fingerprint density at radius 1 is 0.827 bits per heavy atom. The van der Waals surface area contributed by atoms with Crippen molar-refractivity contribution in [3.05, 3.63) is 154 Å². The Bertz CT molecular complexity index is 2030. The lowest BCUT2D eigenvalue weighted by molar-refractivity contribution is -0.168. The van der Waals surface area contributed by atoms with E-state index in [0.717, 1.165) is 22.9 Å². The van der Waals surface area contributed by atoms with Crippen LogP contribution in [0.4, 0.5) is 23.7 Å². The van der Waals surface area contributed by atoms with Gasteiger partial charge in [0, 0.05) is 12.1 Å². The molecule has 4 N–H and O–H groups in total. The molecular formula is C38H34F3N5O6. The molecule has 0 saturated carbocycles. The van der Waals surface area contributed by atoms with E-state index in [2.05, 4.69) is 20.9 Å². The molecule has 0 saturated heterocycles. The molecule has 11 nitrogen and oxygen atoms in total. The molecule has 5 aromatic rings. The third-order valence-corrected chi connectivity index (χ3v) is 7.90. The van der Waals surface area contributed by atoms with Gasteiger partial charge in [0.15, 0.2) is 0 Å². The predicted molar refractivity (Wildman–Crippen MR) is 185 cm³/mol. The van der Waals surface area contributed by atoms with Crippen LogP contribution in [0.25, 0.3) is 11.4 Å². The van der Waals surface area contributed by atoms with Gasteiger partial charge in [-0.15, -0.1) is 0 Å². The Morgan fingerprint density at radius 2 is 1.40 bits per heavy atom. The molecule has 0 bridgehead atoms. The first-order valence-corrected chi connectivity index (χ1v) is 16.1. The Morgan fingerprint density at radius 3 is 2.02 bits per heavy atom. The second-order valence-corrected chi connectivity index (χ2v) is 11.7. The molecule has 52 heavy (non-hydrogen) atoms. The predicted octanol–water partition coefficient (Wildman–Crippen LogP) is 4.84. The average Bonchev–Trinajstić information content (AvgIpc) is 3.15. The molecule has 2 unspecified atom stereocenters. The SMILES string of the molecule is O=C(Cn1c(-c2ccc(F)cc2)ncc(NC(=O)OCc2ccccc2)c1=O)NC(Cc1ccccc1)C(O)C(F)(F)C(=O)NCc1ccccc1. The highest BCUT2D eigenvalue weighted by molar-refractivity contribution is 5.85. The number of aliphatic hydroxyl groups excluding tert-OH is 1. The summed E-state index contributed by atoms with van der Waals surface area (Å²) in [5.74, 6) is -7.83. The molecule has 2 atom stereocenters. The topological polar surface area (TPSA) is 152 Å². The molecule has 0 aliphatic heterocycles. The van der Waals surface area contributed by atoms with E-state index in [4.69, 9.17) is 4.74 Å². The summed E-state index contributed by atoms with van der Waals surface area (Å²) in [6.07, 6.45) is -2.98. The normalized spacial score (nSPS) is 12.3. The third kappa shape index (κ3) is 9.69. The number of halogens is 3. The van der Waals surface area contributed by atoms with Crippen molar-refractivity contribution in [2.24, 2.45) is 0 Å². The number of hydrogen-bond acceptors (Lipinski definition) is 7. The number of aromatic nitrogens is 2. The van der Waals surface area contributed by atoms with E-state index in [0.29, 0.717) is 16.7 Å². The van der Waals surface area contributed by atoms with Gasteiger partial charge in [0.2, 0.25) is 5.91 Å². The molecule has 0 spiro atoms. The van der Waals surface area contributed by atoms with Gasteiger partial charge in [-0.3, -0.25) is 24.3 Å². The Kier molecular flexibility index (Phi) is 12.2. The number of carbonyl (C=O) groups excluding carboxylic acids is 3. The first kappa shape index (κ1) is 37.0. The number of ether oxygens (including phenoxy) is 1. The summed E-state index contributed by atoms with van der Waals surface area (Å²) in [6.45, 7) is -1.18. The van der Waals surface area contributed by atoms with Gasteiger partial charge in [-0.2, -0.15) is 8.78 Å². The highest BCUT2D eigenvalue weighted by atomic mass is 19.3. The summed E-state index contributed by atoms with van der Waals surface area (Å²) in [4.78, 5) is 56.8. The largest absolute Gasteiger partial charge is 0.444 e. The van der Waals surface area contributed by atoms with Crippen LogP contribution >= 0.6 is 0 Å². The van der Waals surface area contributed by atoms with Crippen molar-refractivity contribution in [1.29, 1.82) is 0 Å². The minimum absolute atomic E-state index is 0.107. The van der Waals surface area contributed by atoms with Gasteiger partial charge in [-0.1, -0.05) is 91.0 Å². The van der Waals surface area contributed by atoms with Crippen LogP contribution in [-0.2, 0) is 40.4 Å². The monoisotopic (exact) mass is 713 g/mol. The van der Waals surface area contributed by atoms with Gasteiger partial charge in [0.25, 0.3) is 11.5 Å². The molecule has 268 valence electrons. The lowest BCUT2D eigenvalue weighted by Crippen LogP contribution is -2.58. The average molecular weight is 714 g/mol. The smallest absolute Gasteiger partial charge is 0.412 e. The lowest BCUT2D eigenvalue weighted by Gasteiger charge is -2.30. The van der Waals surface area contributed by atoms with E-state index in [1.807, 2.05) is 0 Å². The number of alkyl halides is 2. The van der Waals surface area contributed by atoms with E-state index < -0.39 is 53.9 Å². The number of nitrogens with one attached hydrogen (secondary N) is 3. The maximum absolute atomic E-state index is 15.5. The number of hydrogen-bond donors (Lipinski definition) is 4. The third-order valence-electron chi connectivity index (χ3n) is 7.90. The molecule has 0 fully saturated rings. The van der Waals surface area contributed by atoms with E-state index >= 15 is 8.78 Å². The van der Waals surface area contributed by atoms with Gasteiger partial charge in [-0.05, 0) is 47.4 Å². The number of benzene rings is 4. The van der Waals surface area contributed by atoms with Crippen molar-refractivity contribution in [3.63, 3.8) is 0 Å². The minimum Gasteiger partial charge on any atom is -0.444 e. The van der Waals surface area contributed by atoms with Crippen LogP contribution in [0.2, 0.25) is 0 Å². The van der Waals surface area contributed by atoms with Crippen LogP contribution in [0.3, 0.4) is 0 Å². The van der Waals surface area contributed by atoms with E-state index in [-0.39, 0.29) is 36.6 Å². The maximum atomic E-state index is 15.5. The molecule has 14 heteroatoms. The zero-order valence-corrected chi connectivity index (χ0v) is 27.5. The summed E-state index contributed by atoms with van der Waals surface area (Å²) in [5.41, 5.74) is 0.604. The number of anilines is 1. The summed E-state index contributed by atoms with van der Waals surface area (Å²) in [5, 5.41) is 17.7. The Hall–Kier alpha value is -6.28. The van der Waals surface area contributed by atoms with Gasteiger partial charge in [0.05, 0.1) is 12.2 Å². The fraction of sp³-hybridized carbons (Fsp3) is 0.184. The second-order valence-electron chi connectivity index (χ2n) is 11.7. The summed E-state index contributed by atoms with van der Waals surface area (Å²) in [7, 11) is 0. The fourth-order valence-corrected chi connectivity index (χ4v) is 5.21. The van der Waals surface area contributed by atoms with E-state index in [9.17, 15) is 28.7 Å². The first-order chi connectivity index (χ1) is 25.0. The van der Waals surface area contributed by atoms with Crippen LogP contribution in [0, 0.1) is 5.82 Å². The lowest BCUT2D eigenvalue weighted by atomic mass is 9.96. The molecule has 3 amide bonds. The molecule has 0 aliphatic rings. The second kappa shape index (κ2) is 17.1. The maximum Gasteiger partial charge on any atom is 0.412 e. The highest BCUT2D eigenvalue weighted by Crippen LogP contribution is 2.24. The standard InChI is InChI=1S/C38H34F3N5O6/c39-29-18-16-28(17-19-29)34-42-22-31(45-37(51)52-24-27-14-8-3-9-15-27)35(49)46(34)23-32(47)44-30(20-25-10-4-1-5-11-25)33(48)38(40,41)36(50)43-21-26-12-6-2-7-13-26/h1-19,22,30,33,48H,20-21,23-24H2,(H,43,50)(H,44,47)(H,45,51). The zero-order valence-electron chi connectivity index (χ0n) is 27.5. The zero-order chi connectivity index (χ0) is 37.1. The van der Waals surface area contributed by atoms with Crippen molar-refractivity contribution in [2.75, 3.05) is 5.32 Å². The van der Waals surface area contributed by atoms with Gasteiger partial charge >= 0.3 is 12.0 Å². The van der Waals surface area contributed by atoms with Crippen LogP contribution < -0.4 is 21.5 Å². The number of aliphatic hydroxyl groups is 1. The number of rotatable bonds is 14. The molecular weight excluding hydrogens is 679 g/mol. The van der Waals surface area contributed by atoms with Crippen LogP contribution in [0.1, 0.15) is 16.7 Å². The van der Waals surface area contributed by atoms with Gasteiger partial charge in [-0.25, -0.2) is 14.2 Å². The number of carbonyl (C=O) groups is 3. The van der Waals surface area contributed by atoms with Crippen molar-refractivity contribution in [2.45, 2.75) is 44.2 Å².